The molecule has 0 aromatic heterocycles. The number of nitrogens with one attached hydrogen (secondary N) is 1. The van der Waals surface area contributed by atoms with Gasteiger partial charge in [0, 0.05) is 18.7 Å². The van der Waals surface area contributed by atoms with Gasteiger partial charge in [-0.3, -0.25) is 14.4 Å². The fourth-order valence-corrected chi connectivity index (χ4v) is 3.62. The Hall–Kier alpha value is -3.35. The van der Waals surface area contributed by atoms with Gasteiger partial charge in [-0.15, -0.1) is 0 Å². The summed E-state index contributed by atoms with van der Waals surface area (Å²) in [6, 6.07) is 15.9. The van der Waals surface area contributed by atoms with E-state index in [0.717, 1.165) is 6.42 Å². The lowest BCUT2D eigenvalue weighted by Crippen LogP contribution is -2.57. The molecule has 2 aromatic rings. The van der Waals surface area contributed by atoms with Gasteiger partial charge in [0.1, 0.15) is 11.8 Å². The summed E-state index contributed by atoms with van der Waals surface area (Å²) in [7, 11) is 0. The number of amides is 2. The molecule has 1 fully saturated rings. The SMILES string of the molecule is CC(C)Oc1cccc(C(=O)N2CCNC(=O)C2CC(=O)OCCCc2ccccc2)c1. The van der Waals surface area contributed by atoms with Gasteiger partial charge < -0.3 is 19.7 Å². The number of piperazine rings is 1. The number of aryl methyl sites for hydroxylation is 1. The monoisotopic (exact) mass is 438 g/mol. The lowest BCUT2D eigenvalue weighted by Gasteiger charge is -2.34. The summed E-state index contributed by atoms with van der Waals surface area (Å²) in [5.74, 6) is -0.562. The van der Waals surface area contributed by atoms with E-state index in [-0.39, 0.29) is 30.9 Å². The van der Waals surface area contributed by atoms with Gasteiger partial charge >= 0.3 is 5.97 Å². The van der Waals surface area contributed by atoms with Crippen LogP contribution in [0.4, 0.5) is 0 Å². The first-order valence-corrected chi connectivity index (χ1v) is 11.0. The fraction of sp³-hybridized carbons (Fsp3) is 0.400. The molecule has 0 saturated carbocycles. The molecule has 32 heavy (non-hydrogen) atoms. The average molecular weight is 439 g/mol. The minimum Gasteiger partial charge on any atom is -0.491 e. The van der Waals surface area contributed by atoms with Crippen molar-refractivity contribution >= 4 is 17.8 Å². The van der Waals surface area contributed by atoms with Crippen LogP contribution in [-0.4, -0.2) is 54.5 Å². The van der Waals surface area contributed by atoms with Crippen LogP contribution >= 0.6 is 0 Å². The highest BCUT2D eigenvalue weighted by Gasteiger charge is 2.35. The Kier molecular flexibility index (Phi) is 8.25. The highest BCUT2D eigenvalue weighted by atomic mass is 16.5. The molecule has 2 aromatic carbocycles. The summed E-state index contributed by atoms with van der Waals surface area (Å²) in [6.07, 6.45) is 1.30. The lowest BCUT2D eigenvalue weighted by atomic mass is 10.1. The van der Waals surface area contributed by atoms with Crippen molar-refractivity contribution < 1.29 is 23.9 Å². The molecule has 0 bridgehead atoms. The summed E-state index contributed by atoms with van der Waals surface area (Å²) in [5.41, 5.74) is 1.59. The Bertz CT molecular complexity index is 929. The first-order valence-electron chi connectivity index (χ1n) is 11.0. The van der Waals surface area contributed by atoms with Crippen molar-refractivity contribution in [2.24, 2.45) is 0 Å². The zero-order valence-corrected chi connectivity index (χ0v) is 18.6. The van der Waals surface area contributed by atoms with Crippen LogP contribution in [0.15, 0.2) is 54.6 Å². The van der Waals surface area contributed by atoms with E-state index in [9.17, 15) is 14.4 Å². The molecule has 1 N–H and O–H groups in total. The molecule has 1 aliphatic heterocycles. The quantitative estimate of drug-likeness (QED) is 0.481. The molecule has 0 aliphatic carbocycles. The number of esters is 1. The molecule has 0 radical (unpaired) electrons. The van der Waals surface area contributed by atoms with Crippen LogP contribution in [0.2, 0.25) is 0 Å². The van der Waals surface area contributed by atoms with Crippen LogP contribution in [0.3, 0.4) is 0 Å². The third-order valence-corrected chi connectivity index (χ3v) is 5.12. The van der Waals surface area contributed by atoms with E-state index in [4.69, 9.17) is 9.47 Å². The van der Waals surface area contributed by atoms with Gasteiger partial charge in [0.05, 0.1) is 19.1 Å². The Labute approximate surface area is 188 Å². The second kappa shape index (κ2) is 11.3. The van der Waals surface area contributed by atoms with Gasteiger partial charge in [-0.05, 0) is 50.5 Å². The summed E-state index contributed by atoms with van der Waals surface area (Å²) in [6.45, 7) is 4.75. The molecule has 1 unspecified atom stereocenters. The van der Waals surface area contributed by atoms with Crippen molar-refractivity contribution in [1.29, 1.82) is 0 Å². The minimum absolute atomic E-state index is 0.0227. The number of ether oxygens (including phenoxy) is 2. The first-order chi connectivity index (χ1) is 15.4. The van der Waals surface area contributed by atoms with Gasteiger partial charge in [0.2, 0.25) is 5.91 Å². The Morgan fingerprint density at radius 2 is 1.91 bits per heavy atom. The standard InChI is InChI=1S/C25H30N2O5/c1-18(2)32-21-12-6-11-20(16-21)25(30)27-14-13-26-24(29)22(27)17-23(28)31-15-7-10-19-8-4-3-5-9-19/h3-6,8-9,11-12,16,18,22H,7,10,13-15,17H2,1-2H3,(H,26,29). The second-order valence-corrected chi connectivity index (χ2v) is 8.01. The zero-order chi connectivity index (χ0) is 22.9. The van der Waals surface area contributed by atoms with E-state index >= 15 is 0 Å². The maximum absolute atomic E-state index is 13.1. The Balaban J connectivity index is 1.58. The van der Waals surface area contributed by atoms with Crippen molar-refractivity contribution in [3.05, 3.63) is 65.7 Å². The summed E-state index contributed by atoms with van der Waals surface area (Å²) in [5, 5.41) is 2.73. The summed E-state index contributed by atoms with van der Waals surface area (Å²) in [4.78, 5) is 39.4. The van der Waals surface area contributed by atoms with Crippen LogP contribution in [-0.2, 0) is 20.7 Å². The normalized spacial score (nSPS) is 15.9. The van der Waals surface area contributed by atoms with Gasteiger partial charge in [0.15, 0.2) is 0 Å². The smallest absolute Gasteiger partial charge is 0.308 e. The molecule has 1 atom stereocenters. The predicted molar refractivity (Wildman–Crippen MR) is 120 cm³/mol. The molecule has 2 amide bonds. The van der Waals surface area contributed by atoms with Crippen molar-refractivity contribution in [2.45, 2.75) is 45.3 Å². The highest BCUT2D eigenvalue weighted by Crippen LogP contribution is 2.19. The summed E-state index contributed by atoms with van der Waals surface area (Å²) >= 11 is 0. The van der Waals surface area contributed by atoms with E-state index in [1.165, 1.54) is 10.5 Å². The Morgan fingerprint density at radius 1 is 1.12 bits per heavy atom. The number of carbonyl (C=O) groups is 3. The molecule has 1 aliphatic rings. The lowest BCUT2D eigenvalue weighted by molar-refractivity contribution is -0.147. The van der Waals surface area contributed by atoms with Crippen molar-refractivity contribution in [3.8, 4) is 5.75 Å². The average Bonchev–Trinajstić information content (AvgIpc) is 2.78. The molecule has 7 nitrogen and oxygen atoms in total. The first kappa shape index (κ1) is 23.3. The van der Waals surface area contributed by atoms with Crippen LogP contribution in [0.5, 0.6) is 5.75 Å². The van der Waals surface area contributed by atoms with Gasteiger partial charge in [0.25, 0.3) is 5.91 Å². The minimum atomic E-state index is -0.896. The van der Waals surface area contributed by atoms with Gasteiger partial charge in [-0.2, -0.15) is 0 Å². The number of benzene rings is 2. The van der Waals surface area contributed by atoms with Crippen LogP contribution in [0, 0.1) is 0 Å². The topological polar surface area (TPSA) is 84.9 Å². The van der Waals surface area contributed by atoms with Crippen LogP contribution in [0.25, 0.3) is 0 Å². The number of hydrogen-bond acceptors (Lipinski definition) is 5. The number of carbonyl (C=O) groups excluding carboxylic acids is 3. The molecule has 1 saturated heterocycles. The summed E-state index contributed by atoms with van der Waals surface area (Å²) < 4.78 is 11.0. The zero-order valence-electron chi connectivity index (χ0n) is 18.6. The molecule has 7 heteroatoms. The van der Waals surface area contributed by atoms with E-state index in [2.05, 4.69) is 5.32 Å². The largest absolute Gasteiger partial charge is 0.491 e. The van der Waals surface area contributed by atoms with Crippen molar-refractivity contribution in [3.63, 3.8) is 0 Å². The van der Waals surface area contributed by atoms with Crippen LogP contribution in [0.1, 0.15) is 42.6 Å². The van der Waals surface area contributed by atoms with E-state index < -0.39 is 12.0 Å². The van der Waals surface area contributed by atoms with E-state index in [0.29, 0.717) is 30.8 Å². The maximum atomic E-state index is 13.1. The van der Waals surface area contributed by atoms with Crippen molar-refractivity contribution in [2.75, 3.05) is 19.7 Å². The number of nitrogens with zero attached hydrogens (tertiary/aromatic N) is 1. The van der Waals surface area contributed by atoms with E-state index in [1.54, 1.807) is 24.3 Å². The van der Waals surface area contributed by atoms with Crippen LogP contribution < -0.4 is 10.1 Å². The molecular weight excluding hydrogens is 408 g/mol. The predicted octanol–water partition coefficient (Wildman–Crippen LogP) is 2.98. The molecule has 1 heterocycles. The van der Waals surface area contributed by atoms with Gasteiger partial charge in [-0.1, -0.05) is 36.4 Å². The van der Waals surface area contributed by atoms with Gasteiger partial charge in [-0.25, -0.2) is 0 Å². The highest BCUT2D eigenvalue weighted by molar-refractivity contribution is 5.99. The molecule has 0 spiro atoms. The third-order valence-electron chi connectivity index (χ3n) is 5.12. The fourth-order valence-electron chi connectivity index (χ4n) is 3.62. The third kappa shape index (κ3) is 6.57. The maximum Gasteiger partial charge on any atom is 0.308 e. The molecular formula is C25H30N2O5. The molecule has 170 valence electrons. The number of hydrogen-bond donors (Lipinski definition) is 1. The number of rotatable bonds is 9. The molecule has 3 rings (SSSR count). The Morgan fingerprint density at radius 3 is 2.66 bits per heavy atom. The van der Waals surface area contributed by atoms with E-state index in [1.807, 2.05) is 44.2 Å². The van der Waals surface area contributed by atoms with Crippen molar-refractivity contribution in [1.82, 2.24) is 10.2 Å². The second-order valence-electron chi connectivity index (χ2n) is 8.01.